The van der Waals surface area contributed by atoms with Crippen LogP contribution in [0.25, 0.3) is 21.8 Å². The zero-order valence-corrected chi connectivity index (χ0v) is 45.2. The first kappa shape index (κ1) is 62.5. The molecule has 3 atom stereocenters. The molecule has 1 saturated heterocycles. The monoisotopic (exact) mass is 1080 g/mol. The molecule has 3 aromatic rings. The Morgan fingerprint density at radius 3 is 1.00 bits per heavy atom. The highest BCUT2D eigenvalue weighted by Crippen LogP contribution is 2.19. The predicted octanol–water partition coefficient (Wildman–Crippen LogP) is 0.380. The van der Waals surface area contributed by atoms with Crippen molar-refractivity contribution in [3.8, 4) is 0 Å². The fourth-order valence-electron chi connectivity index (χ4n) is 8.63. The van der Waals surface area contributed by atoms with Crippen LogP contribution >= 0.6 is 0 Å². The maximum absolute atomic E-state index is 13.9. The van der Waals surface area contributed by atoms with Crippen LogP contribution in [-0.2, 0) is 78.1 Å². The molecule has 0 saturated carbocycles. The summed E-state index contributed by atoms with van der Waals surface area (Å²) in [5.41, 5.74) is 1.38. The van der Waals surface area contributed by atoms with E-state index < -0.39 is 90.9 Å². The van der Waals surface area contributed by atoms with Gasteiger partial charge in [-0.1, -0.05) is 24.3 Å². The number of nitrogens with zero attached hydrogens (tertiary/aromatic N) is 5. The third kappa shape index (κ3) is 20.8. The average molecular weight is 1080 g/mol. The Labute approximate surface area is 448 Å². The smallest absolute Gasteiger partial charge is 0.329 e. The van der Waals surface area contributed by atoms with Gasteiger partial charge in [-0.05, 0) is 65.8 Å². The van der Waals surface area contributed by atoms with Crippen LogP contribution in [0, 0.1) is 0 Å². The lowest BCUT2D eigenvalue weighted by Crippen LogP contribution is -2.53. The lowest BCUT2D eigenvalue weighted by Gasteiger charge is -2.34. The summed E-state index contributed by atoms with van der Waals surface area (Å²) >= 11 is 0. The molecule has 1 fully saturated rings. The minimum absolute atomic E-state index is 0.000630. The number of carbonyl (C=O) groups excluding carboxylic acids is 9. The number of hydrogen-bond donors (Lipinski definition) is 3. The fourth-order valence-corrected chi connectivity index (χ4v) is 8.63. The average Bonchev–Trinajstić information content (AvgIpc) is 3.41. The number of nitrogens with one attached hydrogen (secondary N) is 3. The van der Waals surface area contributed by atoms with E-state index in [4.69, 9.17) is 28.4 Å². The number of ether oxygens (including phenoxy) is 6. The Morgan fingerprint density at radius 1 is 0.416 bits per heavy atom. The van der Waals surface area contributed by atoms with E-state index >= 15 is 0 Å². The lowest BCUT2D eigenvalue weighted by atomic mass is 10.1. The number of fused-ring (bicyclic) bond motifs is 2. The second-order valence-corrected chi connectivity index (χ2v) is 17.8. The maximum atomic E-state index is 13.9. The number of para-hydroxylation sites is 2. The van der Waals surface area contributed by atoms with Gasteiger partial charge in [0.05, 0.1) is 89.6 Å². The number of pyridine rings is 1. The third-order valence-electron chi connectivity index (χ3n) is 12.3. The van der Waals surface area contributed by atoms with Gasteiger partial charge in [-0.3, -0.25) is 53.2 Å². The molecule has 1 aromatic heterocycles. The number of hydrogen-bond acceptors (Lipinski definition) is 20. The van der Waals surface area contributed by atoms with Crippen LogP contribution in [0.4, 0.5) is 0 Å². The molecule has 0 spiro atoms. The number of benzene rings is 2. The number of amides is 3. The van der Waals surface area contributed by atoms with Gasteiger partial charge in [-0.25, -0.2) is 14.4 Å². The van der Waals surface area contributed by atoms with Gasteiger partial charge in [0.2, 0.25) is 17.7 Å². The number of carbonyl (C=O) groups is 9. The molecule has 1 aliphatic heterocycles. The van der Waals surface area contributed by atoms with E-state index in [1.807, 2.05) is 46.2 Å². The highest BCUT2D eigenvalue weighted by atomic mass is 16.6. The summed E-state index contributed by atoms with van der Waals surface area (Å²) < 4.78 is 32.7. The largest absolute Gasteiger partial charge is 0.466 e. The van der Waals surface area contributed by atoms with Crippen LogP contribution in [0.5, 0.6) is 0 Å². The summed E-state index contributed by atoms with van der Waals surface area (Å²) in [6.45, 7) is 11.5. The zero-order chi connectivity index (χ0) is 56.3. The predicted molar refractivity (Wildman–Crippen MR) is 281 cm³/mol. The molecule has 424 valence electrons. The summed E-state index contributed by atoms with van der Waals surface area (Å²) in [6.07, 6.45) is -1.41. The molecular formula is C53H76N8O16. The van der Waals surface area contributed by atoms with Crippen LogP contribution in [0.2, 0.25) is 0 Å². The topological polar surface area (TPSA) is 280 Å². The van der Waals surface area contributed by atoms with Crippen molar-refractivity contribution in [1.82, 2.24) is 40.1 Å². The minimum Gasteiger partial charge on any atom is -0.466 e. The Balaban J connectivity index is 1.72. The van der Waals surface area contributed by atoms with Gasteiger partial charge in [-0.2, -0.15) is 0 Å². The molecule has 3 amide bonds. The Bertz CT molecular complexity index is 2410. The summed E-state index contributed by atoms with van der Waals surface area (Å²) in [4.78, 5) is 139. The number of esters is 6. The molecule has 0 unspecified atom stereocenters. The first-order valence-corrected chi connectivity index (χ1v) is 26.3. The van der Waals surface area contributed by atoms with E-state index in [1.54, 1.807) is 58.6 Å². The van der Waals surface area contributed by atoms with E-state index in [-0.39, 0.29) is 104 Å². The van der Waals surface area contributed by atoms with Crippen molar-refractivity contribution in [2.24, 2.45) is 0 Å². The van der Waals surface area contributed by atoms with Crippen LogP contribution < -0.4 is 21.4 Å². The molecule has 2 aromatic carbocycles. The van der Waals surface area contributed by atoms with Crippen LogP contribution in [0.1, 0.15) is 60.8 Å². The SMILES string of the molecule is CCOC(=O)C[C@H](NC(=O)CN1CCN(CCn2c3ccccc3c(=O)c3ccccc32)CCN(CC(=O)N[C@@H](CC(=O)OCC)C(=O)OCC)CCN(CC(=O)N[C@@H](CC(=O)OCC)C(=O)OCC)CC1)C(=O)OCC. The van der Waals surface area contributed by atoms with Crippen LogP contribution in [0.15, 0.2) is 53.3 Å². The molecule has 24 nitrogen and oxygen atoms in total. The molecule has 2 heterocycles. The van der Waals surface area contributed by atoms with E-state index in [2.05, 4.69) is 25.4 Å². The van der Waals surface area contributed by atoms with Gasteiger partial charge in [0.1, 0.15) is 18.1 Å². The van der Waals surface area contributed by atoms with Crippen molar-refractivity contribution < 1.29 is 71.6 Å². The Hall–Kier alpha value is -7.02. The number of rotatable bonds is 27. The number of aromatic nitrogens is 1. The molecule has 3 N–H and O–H groups in total. The minimum atomic E-state index is -1.36. The van der Waals surface area contributed by atoms with Crippen molar-refractivity contribution in [1.29, 1.82) is 0 Å². The lowest BCUT2D eigenvalue weighted by molar-refractivity contribution is -0.153. The van der Waals surface area contributed by atoms with Crippen molar-refractivity contribution in [2.75, 3.05) is 118 Å². The molecule has 4 rings (SSSR count). The van der Waals surface area contributed by atoms with Gasteiger partial charge in [0.25, 0.3) is 0 Å². The molecular weight excluding hydrogens is 1000 g/mol. The highest BCUT2D eigenvalue weighted by Gasteiger charge is 2.31. The first-order valence-electron chi connectivity index (χ1n) is 26.3. The molecule has 1 aliphatic rings. The van der Waals surface area contributed by atoms with Crippen LogP contribution in [0.3, 0.4) is 0 Å². The second-order valence-electron chi connectivity index (χ2n) is 17.8. The summed E-state index contributed by atoms with van der Waals surface area (Å²) in [5.74, 6) is -6.45. The Kier molecular flexibility index (Phi) is 27.0. The molecule has 0 bridgehead atoms. The summed E-state index contributed by atoms with van der Waals surface area (Å²) in [7, 11) is 0. The standard InChI is InChI=1S/C53H76N8O16/c1-7-72-47(65)31-39(51(69)75-10-4)54-44(62)34-58-23-21-57(29-30-61-42-19-15-13-17-37(42)50(68)38-18-14-16-20-43(38)61)22-24-59(35-45(63)55-40(52(70)76-11-5)32-48(66)73-8-2)26-28-60(27-25-58)36-46(64)56-41(53(71)77-12-6)33-49(67)74-9-3/h13-20,39-41H,7-12,21-36H2,1-6H3,(H,54,62)(H,55,63)(H,56,64)/t39-,40-,41-/m0/s1. The van der Waals surface area contributed by atoms with Crippen molar-refractivity contribution in [2.45, 2.75) is 85.5 Å². The highest BCUT2D eigenvalue weighted by molar-refractivity contribution is 5.94. The summed E-state index contributed by atoms with van der Waals surface area (Å²) in [6, 6.07) is 10.7. The summed E-state index contributed by atoms with van der Waals surface area (Å²) in [5, 5.41) is 8.99. The van der Waals surface area contributed by atoms with Gasteiger partial charge in [0.15, 0.2) is 5.43 Å². The maximum Gasteiger partial charge on any atom is 0.329 e. The molecule has 0 aliphatic carbocycles. The normalized spacial score (nSPS) is 15.4. The van der Waals surface area contributed by atoms with Crippen LogP contribution in [-0.4, -0.2) is 214 Å². The second kappa shape index (κ2) is 33.2. The van der Waals surface area contributed by atoms with Crippen molar-refractivity contribution in [3.63, 3.8) is 0 Å². The van der Waals surface area contributed by atoms with Gasteiger partial charge in [0, 0.05) is 76.2 Å². The van der Waals surface area contributed by atoms with Gasteiger partial charge < -0.3 is 48.9 Å². The van der Waals surface area contributed by atoms with E-state index in [9.17, 15) is 47.9 Å². The fraction of sp³-hybridized carbons (Fsp3) is 0.585. The zero-order valence-electron chi connectivity index (χ0n) is 45.2. The van der Waals surface area contributed by atoms with E-state index in [0.29, 0.717) is 37.0 Å². The first-order chi connectivity index (χ1) is 37.0. The molecule has 77 heavy (non-hydrogen) atoms. The van der Waals surface area contributed by atoms with E-state index in [1.165, 1.54) is 0 Å². The van der Waals surface area contributed by atoms with Crippen molar-refractivity contribution in [3.05, 3.63) is 58.8 Å². The molecule has 24 heteroatoms. The van der Waals surface area contributed by atoms with Crippen molar-refractivity contribution >= 4 is 75.3 Å². The third-order valence-corrected chi connectivity index (χ3v) is 12.3. The van der Waals surface area contributed by atoms with E-state index in [0.717, 1.165) is 11.0 Å². The van der Waals surface area contributed by atoms with Gasteiger partial charge >= 0.3 is 35.8 Å². The van der Waals surface area contributed by atoms with Gasteiger partial charge in [-0.15, -0.1) is 0 Å². The Morgan fingerprint density at radius 2 is 0.701 bits per heavy atom. The quantitative estimate of drug-likeness (QED) is 0.0529. The molecule has 0 radical (unpaired) electrons.